The summed E-state index contributed by atoms with van der Waals surface area (Å²) in [6, 6.07) is 0.372. The summed E-state index contributed by atoms with van der Waals surface area (Å²) < 4.78 is 6.85. The molecule has 0 saturated carbocycles. The van der Waals surface area contributed by atoms with Crippen LogP contribution >= 0.6 is 0 Å². The van der Waals surface area contributed by atoms with Gasteiger partial charge in [0.05, 0.1) is 25.2 Å². The predicted molar refractivity (Wildman–Crippen MR) is 55.1 cm³/mol. The minimum atomic E-state index is 0.372. The molecule has 0 bridgehead atoms. The van der Waals surface area contributed by atoms with Gasteiger partial charge < -0.3 is 9.30 Å². The van der Waals surface area contributed by atoms with E-state index in [4.69, 9.17) is 4.74 Å². The Morgan fingerprint density at radius 2 is 2.00 bits per heavy atom. The van der Waals surface area contributed by atoms with Crippen molar-refractivity contribution < 1.29 is 4.74 Å². The normalized spacial score (nSPS) is 10.3. The minimum Gasteiger partial charge on any atom is -0.467 e. The van der Waals surface area contributed by atoms with Crippen molar-refractivity contribution in [2.24, 2.45) is 0 Å². The molecule has 0 aromatic carbocycles. The molecule has 0 spiro atoms. The number of rotatable bonds is 3. The van der Waals surface area contributed by atoms with Gasteiger partial charge in [-0.25, -0.2) is 15.0 Å². The van der Waals surface area contributed by atoms with Crippen molar-refractivity contribution in [2.75, 3.05) is 7.11 Å². The summed E-state index contributed by atoms with van der Waals surface area (Å²) in [4.78, 5) is 12.3. The number of imidazole rings is 1. The summed E-state index contributed by atoms with van der Waals surface area (Å²) in [5, 5.41) is 0. The molecule has 0 radical (unpaired) electrons. The Morgan fingerprint density at radius 1 is 1.27 bits per heavy atom. The summed E-state index contributed by atoms with van der Waals surface area (Å²) in [5.74, 6) is 0.990. The number of aromatic nitrogens is 4. The molecule has 0 saturated heterocycles. The van der Waals surface area contributed by atoms with Crippen molar-refractivity contribution in [3.8, 4) is 11.7 Å². The fraction of sp³-hybridized carbons (Fsp3) is 0.300. The molecular weight excluding hydrogens is 192 g/mol. The third-order valence-electron chi connectivity index (χ3n) is 2.11. The van der Waals surface area contributed by atoms with E-state index in [9.17, 15) is 0 Å². The van der Waals surface area contributed by atoms with E-state index >= 15 is 0 Å². The smallest absolute Gasteiger partial charge is 0.316 e. The zero-order chi connectivity index (χ0) is 10.7. The van der Waals surface area contributed by atoms with Crippen molar-refractivity contribution in [2.45, 2.75) is 13.3 Å². The largest absolute Gasteiger partial charge is 0.467 e. The van der Waals surface area contributed by atoms with Crippen LogP contribution in [0.4, 0.5) is 0 Å². The monoisotopic (exact) mass is 204 g/mol. The fourth-order valence-corrected chi connectivity index (χ4v) is 1.37. The van der Waals surface area contributed by atoms with Crippen molar-refractivity contribution in [1.29, 1.82) is 0 Å². The van der Waals surface area contributed by atoms with Gasteiger partial charge in [-0.2, -0.15) is 0 Å². The fourth-order valence-electron chi connectivity index (χ4n) is 1.37. The summed E-state index contributed by atoms with van der Waals surface area (Å²) in [6.07, 6.45) is 7.96. The summed E-state index contributed by atoms with van der Waals surface area (Å²) >= 11 is 0. The van der Waals surface area contributed by atoms with Gasteiger partial charge in [-0.1, -0.05) is 6.92 Å². The molecule has 0 aliphatic carbocycles. The van der Waals surface area contributed by atoms with E-state index in [1.807, 2.05) is 10.8 Å². The Bertz CT molecular complexity index is 435. The lowest BCUT2D eigenvalue weighted by Crippen LogP contribution is -2.01. The highest BCUT2D eigenvalue weighted by atomic mass is 16.5. The maximum atomic E-state index is 4.90. The molecule has 0 N–H and O–H groups in total. The molecule has 2 aromatic heterocycles. The van der Waals surface area contributed by atoms with E-state index in [0.29, 0.717) is 6.01 Å². The third-order valence-corrected chi connectivity index (χ3v) is 2.11. The van der Waals surface area contributed by atoms with Crippen LogP contribution < -0.4 is 4.74 Å². The highest BCUT2D eigenvalue weighted by Crippen LogP contribution is 2.10. The van der Waals surface area contributed by atoms with Gasteiger partial charge in [0.1, 0.15) is 5.82 Å². The Morgan fingerprint density at radius 3 is 2.60 bits per heavy atom. The van der Waals surface area contributed by atoms with Crippen LogP contribution in [0, 0.1) is 0 Å². The zero-order valence-electron chi connectivity index (χ0n) is 8.71. The number of aryl methyl sites for hydroxylation is 1. The van der Waals surface area contributed by atoms with Crippen LogP contribution in [0.3, 0.4) is 0 Å². The molecule has 78 valence electrons. The van der Waals surface area contributed by atoms with E-state index < -0.39 is 0 Å². The van der Waals surface area contributed by atoms with Gasteiger partial charge in [0.25, 0.3) is 0 Å². The van der Waals surface area contributed by atoms with Crippen molar-refractivity contribution in [1.82, 2.24) is 19.5 Å². The summed E-state index contributed by atoms with van der Waals surface area (Å²) in [7, 11) is 1.55. The molecule has 2 aromatic rings. The van der Waals surface area contributed by atoms with Crippen molar-refractivity contribution in [3.63, 3.8) is 0 Å². The average Bonchev–Trinajstić information content (AvgIpc) is 2.77. The highest BCUT2D eigenvalue weighted by molar-refractivity contribution is 5.28. The molecule has 5 heteroatoms. The molecule has 0 amide bonds. The lowest BCUT2D eigenvalue weighted by Gasteiger charge is -2.05. The van der Waals surface area contributed by atoms with Crippen LogP contribution in [0.25, 0.3) is 5.69 Å². The first-order valence-electron chi connectivity index (χ1n) is 4.73. The number of ether oxygens (including phenoxy) is 1. The third kappa shape index (κ3) is 1.81. The Hall–Kier alpha value is -1.91. The lowest BCUT2D eigenvalue weighted by molar-refractivity contribution is 0.379. The summed E-state index contributed by atoms with van der Waals surface area (Å²) in [5.41, 5.74) is 0.894. The molecular formula is C10H12N4O. The Labute approximate surface area is 87.8 Å². The first-order chi connectivity index (χ1) is 7.35. The first-order valence-corrected chi connectivity index (χ1v) is 4.73. The highest BCUT2D eigenvalue weighted by Gasteiger charge is 2.03. The number of nitrogens with zero attached hydrogens (tertiary/aromatic N) is 4. The van der Waals surface area contributed by atoms with Crippen LogP contribution in [0.2, 0.25) is 0 Å². The Kier molecular flexibility index (Phi) is 2.62. The quantitative estimate of drug-likeness (QED) is 0.754. The summed E-state index contributed by atoms with van der Waals surface area (Å²) in [6.45, 7) is 2.06. The molecule has 2 heterocycles. The van der Waals surface area contributed by atoms with Crippen molar-refractivity contribution >= 4 is 0 Å². The second-order valence-electron chi connectivity index (χ2n) is 2.99. The molecule has 15 heavy (non-hydrogen) atoms. The van der Waals surface area contributed by atoms with Gasteiger partial charge in [0, 0.05) is 18.8 Å². The lowest BCUT2D eigenvalue weighted by atomic mass is 10.4. The van der Waals surface area contributed by atoms with E-state index in [-0.39, 0.29) is 0 Å². The molecule has 0 aliphatic rings. The van der Waals surface area contributed by atoms with Gasteiger partial charge in [-0.3, -0.25) is 0 Å². The molecule has 0 unspecified atom stereocenters. The standard InChI is InChI=1S/C10H12N4O/c1-3-9-11-4-5-14(9)8-6-12-10(15-2)13-7-8/h4-7H,3H2,1-2H3. The van der Waals surface area contributed by atoms with Crippen LogP contribution in [-0.2, 0) is 6.42 Å². The van der Waals surface area contributed by atoms with Gasteiger partial charge in [0.15, 0.2) is 0 Å². The van der Waals surface area contributed by atoms with Crippen LogP contribution in [0.5, 0.6) is 6.01 Å². The first kappa shape index (κ1) is 9.64. The van der Waals surface area contributed by atoms with Gasteiger partial charge in [-0.15, -0.1) is 0 Å². The second-order valence-corrected chi connectivity index (χ2v) is 2.99. The van der Waals surface area contributed by atoms with E-state index in [1.165, 1.54) is 0 Å². The maximum absolute atomic E-state index is 4.90. The average molecular weight is 204 g/mol. The second kappa shape index (κ2) is 4.08. The molecule has 0 atom stereocenters. The topological polar surface area (TPSA) is 52.8 Å². The van der Waals surface area contributed by atoms with E-state index in [0.717, 1.165) is 17.9 Å². The number of hydrogen-bond acceptors (Lipinski definition) is 4. The molecule has 0 fully saturated rings. The van der Waals surface area contributed by atoms with Gasteiger partial charge in [-0.05, 0) is 0 Å². The SMILES string of the molecule is CCc1nccn1-c1cnc(OC)nc1. The number of hydrogen-bond donors (Lipinski definition) is 0. The van der Waals surface area contributed by atoms with E-state index in [2.05, 4.69) is 21.9 Å². The van der Waals surface area contributed by atoms with Crippen LogP contribution in [0.15, 0.2) is 24.8 Å². The van der Waals surface area contributed by atoms with Gasteiger partial charge in [0.2, 0.25) is 0 Å². The molecule has 2 rings (SSSR count). The minimum absolute atomic E-state index is 0.372. The molecule has 5 nitrogen and oxygen atoms in total. The van der Waals surface area contributed by atoms with E-state index in [1.54, 1.807) is 25.7 Å². The maximum Gasteiger partial charge on any atom is 0.316 e. The number of methoxy groups -OCH3 is 1. The predicted octanol–water partition coefficient (Wildman–Crippen LogP) is 1.23. The van der Waals surface area contributed by atoms with Crippen LogP contribution in [-0.4, -0.2) is 26.6 Å². The Balaban J connectivity index is 2.37. The van der Waals surface area contributed by atoms with Crippen LogP contribution in [0.1, 0.15) is 12.7 Å². The molecule has 0 aliphatic heterocycles. The van der Waals surface area contributed by atoms with Gasteiger partial charge >= 0.3 is 6.01 Å². The zero-order valence-corrected chi connectivity index (χ0v) is 8.71. The van der Waals surface area contributed by atoms with Crippen molar-refractivity contribution in [3.05, 3.63) is 30.6 Å².